The molecule has 7 nitrogen and oxygen atoms in total. The summed E-state index contributed by atoms with van der Waals surface area (Å²) in [6, 6.07) is 8.62. The number of carbonyl (C=O) groups is 1. The number of thiocarbonyl (C=S) groups is 1. The number of aromatic nitrogens is 2. The van der Waals surface area contributed by atoms with Gasteiger partial charge in [0.2, 0.25) is 11.1 Å². The van der Waals surface area contributed by atoms with E-state index >= 15 is 0 Å². The molecule has 0 aliphatic carbocycles. The van der Waals surface area contributed by atoms with Gasteiger partial charge in [-0.25, -0.2) is 9.48 Å². The zero-order valence-electron chi connectivity index (χ0n) is 13.0. The molecule has 120 valence electrons. The number of esters is 1. The molecule has 23 heavy (non-hydrogen) atoms. The quantitative estimate of drug-likeness (QED) is 0.377. The van der Waals surface area contributed by atoms with Crippen LogP contribution in [0.2, 0.25) is 0 Å². The molecule has 0 saturated carbocycles. The molecule has 1 aromatic heterocycles. The molecule has 3 N–H and O–H groups in total. The molecule has 0 aliphatic rings. The molecule has 0 amide bonds. The summed E-state index contributed by atoms with van der Waals surface area (Å²) >= 11 is 5.16. The van der Waals surface area contributed by atoms with E-state index in [4.69, 9.17) is 18.0 Å². The van der Waals surface area contributed by atoms with E-state index in [0.717, 1.165) is 11.4 Å². The van der Waals surface area contributed by atoms with Gasteiger partial charge in [-0.15, -0.1) is 0 Å². The zero-order chi connectivity index (χ0) is 17.0. The summed E-state index contributed by atoms with van der Waals surface area (Å²) in [6.45, 7) is 3.74. The van der Waals surface area contributed by atoms with Crippen LogP contribution in [0.15, 0.2) is 35.3 Å². The summed E-state index contributed by atoms with van der Waals surface area (Å²) in [5, 5.41) is 7.30. The van der Waals surface area contributed by atoms with Crippen LogP contribution in [0.4, 0.5) is 5.69 Å². The van der Waals surface area contributed by atoms with Gasteiger partial charge in [0.25, 0.3) is 0 Å². The van der Waals surface area contributed by atoms with Gasteiger partial charge in [0.05, 0.1) is 18.4 Å². The fourth-order valence-corrected chi connectivity index (χ4v) is 2.22. The Bertz CT molecular complexity index is 782. The summed E-state index contributed by atoms with van der Waals surface area (Å²) in [7, 11) is 1.33. The van der Waals surface area contributed by atoms with Crippen molar-refractivity contribution in [1.29, 1.82) is 0 Å². The number of aliphatic imine (C=N–C) groups is 1. The monoisotopic (exact) mass is 331 g/mol. The van der Waals surface area contributed by atoms with Gasteiger partial charge in [-0.05, 0) is 50.3 Å². The molecule has 0 spiro atoms. The summed E-state index contributed by atoms with van der Waals surface area (Å²) in [5.41, 5.74) is 8.64. The van der Waals surface area contributed by atoms with Crippen LogP contribution in [-0.2, 0) is 4.74 Å². The Labute approximate surface area is 139 Å². The molecular weight excluding hydrogens is 314 g/mol. The first-order valence-electron chi connectivity index (χ1n) is 6.78. The molecule has 2 rings (SSSR count). The smallest absolute Gasteiger partial charge is 0.337 e. The van der Waals surface area contributed by atoms with Crippen molar-refractivity contribution in [1.82, 2.24) is 9.78 Å². The average Bonchev–Trinajstić information content (AvgIpc) is 2.85. The lowest BCUT2D eigenvalue weighted by molar-refractivity contribution is 0.0601. The first kappa shape index (κ1) is 16.6. The maximum absolute atomic E-state index is 11.5. The third-order valence-corrected chi connectivity index (χ3v) is 3.17. The van der Waals surface area contributed by atoms with Gasteiger partial charge >= 0.3 is 5.97 Å². The second-order valence-electron chi connectivity index (χ2n) is 4.81. The standard InChI is InChI=1S/C15H17N5O2S/c1-9-7-10(2)20(19-9)14(16)18-15(23)17-12-6-4-5-11(8-12)13(21)22-3/h4-8H,1-3H3,(H3,16,17,18,23). The van der Waals surface area contributed by atoms with Gasteiger partial charge in [0.1, 0.15) is 0 Å². The third-order valence-electron chi connectivity index (χ3n) is 2.98. The highest BCUT2D eigenvalue weighted by Gasteiger charge is 2.08. The van der Waals surface area contributed by atoms with Crippen molar-refractivity contribution in [2.75, 3.05) is 12.4 Å². The predicted octanol–water partition coefficient (Wildman–Crippen LogP) is 1.85. The Balaban J connectivity index is 2.14. The Morgan fingerprint density at radius 2 is 2.13 bits per heavy atom. The highest BCUT2D eigenvalue weighted by molar-refractivity contribution is 7.80. The van der Waals surface area contributed by atoms with E-state index in [-0.39, 0.29) is 11.1 Å². The SMILES string of the molecule is COC(=O)c1cccc(NC(=S)N=C(N)n2nc(C)cc2C)c1. The van der Waals surface area contributed by atoms with Crippen LogP contribution in [-0.4, -0.2) is 33.9 Å². The molecule has 0 bridgehead atoms. The molecule has 0 aliphatic heterocycles. The number of aryl methyl sites for hydroxylation is 2. The first-order chi connectivity index (χ1) is 10.9. The molecule has 0 saturated heterocycles. The zero-order valence-corrected chi connectivity index (χ0v) is 13.8. The third kappa shape index (κ3) is 4.13. The molecule has 0 radical (unpaired) electrons. The van der Waals surface area contributed by atoms with Crippen LogP contribution in [0.25, 0.3) is 0 Å². The number of hydrogen-bond acceptors (Lipinski definition) is 4. The van der Waals surface area contributed by atoms with Crippen LogP contribution in [0.3, 0.4) is 0 Å². The number of rotatable bonds is 2. The average molecular weight is 331 g/mol. The fourth-order valence-electron chi connectivity index (χ4n) is 2.01. The van der Waals surface area contributed by atoms with Crippen molar-refractivity contribution in [2.24, 2.45) is 10.7 Å². The van der Waals surface area contributed by atoms with Crippen LogP contribution in [0, 0.1) is 13.8 Å². The number of carbonyl (C=O) groups excluding carboxylic acids is 1. The number of hydrogen-bond donors (Lipinski definition) is 2. The fraction of sp³-hybridized carbons (Fsp3) is 0.200. The number of nitrogens with two attached hydrogens (primary N) is 1. The first-order valence-corrected chi connectivity index (χ1v) is 7.18. The van der Waals surface area contributed by atoms with E-state index in [9.17, 15) is 4.79 Å². The van der Waals surface area contributed by atoms with E-state index in [0.29, 0.717) is 11.3 Å². The number of methoxy groups -OCH3 is 1. The lowest BCUT2D eigenvalue weighted by atomic mass is 10.2. The normalized spacial score (nSPS) is 11.2. The Morgan fingerprint density at radius 1 is 1.39 bits per heavy atom. The number of nitrogens with one attached hydrogen (secondary N) is 1. The van der Waals surface area contributed by atoms with Crippen molar-refractivity contribution in [3.63, 3.8) is 0 Å². The van der Waals surface area contributed by atoms with Crippen molar-refractivity contribution < 1.29 is 9.53 Å². The van der Waals surface area contributed by atoms with Crippen LogP contribution in [0.1, 0.15) is 21.7 Å². The topological polar surface area (TPSA) is 94.5 Å². The Morgan fingerprint density at radius 3 is 2.74 bits per heavy atom. The molecule has 0 fully saturated rings. The number of ether oxygens (including phenoxy) is 1. The van der Waals surface area contributed by atoms with Crippen LogP contribution >= 0.6 is 12.2 Å². The molecule has 0 atom stereocenters. The van der Waals surface area contributed by atoms with E-state index in [1.807, 2.05) is 19.9 Å². The minimum Gasteiger partial charge on any atom is -0.465 e. The number of nitrogens with zero attached hydrogens (tertiary/aromatic N) is 3. The second-order valence-corrected chi connectivity index (χ2v) is 5.20. The molecular formula is C15H17N5O2S. The summed E-state index contributed by atoms with van der Waals surface area (Å²) in [5.74, 6) is -0.262. The van der Waals surface area contributed by atoms with Crippen LogP contribution in [0.5, 0.6) is 0 Å². The largest absolute Gasteiger partial charge is 0.465 e. The minimum atomic E-state index is -0.426. The lowest BCUT2D eigenvalue weighted by Crippen LogP contribution is -2.27. The van der Waals surface area contributed by atoms with Gasteiger partial charge in [-0.2, -0.15) is 10.1 Å². The van der Waals surface area contributed by atoms with Gasteiger partial charge in [-0.1, -0.05) is 6.07 Å². The lowest BCUT2D eigenvalue weighted by Gasteiger charge is -2.07. The van der Waals surface area contributed by atoms with Crippen molar-refractivity contribution in [3.05, 3.63) is 47.3 Å². The second kappa shape index (κ2) is 7.01. The molecule has 2 aromatic rings. The van der Waals surface area contributed by atoms with Gasteiger partial charge < -0.3 is 15.8 Å². The van der Waals surface area contributed by atoms with E-state index in [1.165, 1.54) is 11.8 Å². The van der Waals surface area contributed by atoms with E-state index < -0.39 is 5.97 Å². The predicted molar refractivity (Wildman–Crippen MR) is 92.7 cm³/mol. The summed E-state index contributed by atoms with van der Waals surface area (Å²) < 4.78 is 6.18. The van der Waals surface area contributed by atoms with E-state index in [1.54, 1.807) is 24.3 Å². The van der Waals surface area contributed by atoms with E-state index in [2.05, 4.69) is 20.1 Å². The minimum absolute atomic E-state index is 0.164. The van der Waals surface area contributed by atoms with Crippen molar-refractivity contribution in [2.45, 2.75) is 13.8 Å². The molecule has 0 unspecified atom stereocenters. The molecule has 1 heterocycles. The van der Waals surface area contributed by atoms with Crippen LogP contribution < -0.4 is 11.1 Å². The van der Waals surface area contributed by atoms with Gasteiger partial charge in [0.15, 0.2) is 0 Å². The Kier molecular flexibility index (Phi) is 5.07. The highest BCUT2D eigenvalue weighted by atomic mass is 32.1. The van der Waals surface area contributed by atoms with Crippen molar-refractivity contribution in [3.8, 4) is 0 Å². The maximum Gasteiger partial charge on any atom is 0.337 e. The van der Waals surface area contributed by atoms with Gasteiger partial charge in [0, 0.05) is 11.4 Å². The highest BCUT2D eigenvalue weighted by Crippen LogP contribution is 2.12. The van der Waals surface area contributed by atoms with Gasteiger partial charge in [-0.3, -0.25) is 0 Å². The molecule has 8 heteroatoms. The number of anilines is 1. The molecule has 1 aromatic carbocycles. The van der Waals surface area contributed by atoms with Crippen molar-refractivity contribution >= 4 is 34.9 Å². The maximum atomic E-state index is 11.5. The summed E-state index contributed by atoms with van der Waals surface area (Å²) in [4.78, 5) is 15.6. The Hall–Kier alpha value is -2.74. The summed E-state index contributed by atoms with van der Waals surface area (Å²) in [6.07, 6.45) is 0. The number of benzene rings is 1.